The molecule has 0 aromatic rings. The van der Waals surface area contributed by atoms with E-state index in [1.165, 1.54) is 51.4 Å². The van der Waals surface area contributed by atoms with Gasteiger partial charge in [-0.2, -0.15) is 0 Å². The van der Waals surface area contributed by atoms with Crippen molar-refractivity contribution in [2.24, 2.45) is 62.6 Å². The van der Waals surface area contributed by atoms with E-state index in [2.05, 4.69) is 61.5 Å². The van der Waals surface area contributed by atoms with E-state index >= 15 is 0 Å². The number of hydrogen-bond acceptors (Lipinski definition) is 1. The highest BCUT2D eigenvalue weighted by molar-refractivity contribution is 5.95. The quantitative estimate of drug-likeness (QED) is 0.415. The van der Waals surface area contributed by atoms with Crippen LogP contribution < -0.4 is 0 Å². The van der Waals surface area contributed by atoms with Crippen LogP contribution in [0.4, 0.5) is 0 Å². The predicted molar refractivity (Wildman–Crippen MR) is 130 cm³/mol. The molecular weight excluding hydrogens is 376 g/mol. The maximum Gasteiger partial charge on any atom is 0.161 e. The van der Waals surface area contributed by atoms with Crippen molar-refractivity contribution in [3.63, 3.8) is 0 Å². The van der Waals surface area contributed by atoms with Gasteiger partial charge in [0.2, 0.25) is 0 Å². The summed E-state index contributed by atoms with van der Waals surface area (Å²) in [6, 6.07) is 0. The van der Waals surface area contributed by atoms with Crippen LogP contribution in [0.25, 0.3) is 0 Å². The van der Waals surface area contributed by atoms with E-state index in [0.717, 1.165) is 23.7 Å². The summed E-state index contributed by atoms with van der Waals surface area (Å²) in [5.41, 5.74) is 1.40. The fourth-order valence-electron chi connectivity index (χ4n) is 11.0. The minimum absolute atomic E-state index is 0.173. The Morgan fingerprint density at radius 1 is 0.806 bits per heavy atom. The molecule has 0 amide bonds. The third-order valence-corrected chi connectivity index (χ3v) is 13.0. The van der Waals surface area contributed by atoms with Gasteiger partial charge in [0.1, 0.15) is 0 Å². The highest BCUT2D eigenvalue weighted by Crippen LogP contribution is 2.76. The van der Waals surface area contributed by atoms with Crippen LogP contribution in [0.1, 0.15) is 107 Å². The Morgan fingerprint density at radius 2 is 1.52 bits per heavy atom. The molecule has 4 fully saturated rings. The highest BCUT2D eigenvalue weighted by atomic mass is 16.1. The molecule has 0 radical (unpaired) electrons. The van der Waals surface area contributed by atoms with E-state index in [9.17, 15) is 4.79 Å². The van der Waals surface area contributed by atoms with Crippen molar-refractivity contribution in [2.45, 2.75) is 107 Å². The average Bonchev–Trinajstić information content (AvgIpc) is 3.04. The fourth-order valence-corrected chi connectivity index (χ4v) is 11.0. The molecule has 1 heteroatoms. The van der Waals surface area contributed by atoms with Gasteiger partial charge >= 0.3 is 0 Å². The van der Waals surface area contributed by atoms with Gasteiger partial charge in [0.05, 0.1) is 0 Å². The lowest BCUT2D eigenvalue weighted by Gasteiger charge is -2.71. The lowest BCUT2D eigenvalue weighted by Crippen LogP contribution is -2.65. The smallest absolute Gasteiger partial charge is 0.161 e. The number of allylic oxidation sites excluding steroid dienone is 2. The molecule has 0 aromatic carbocycles. The van der Waals surface area contributed by atoms with E-state index in [1.54, 1.807) is 0 Å². The lowest BCUT2D eigenvalue weighted by molar-refractivity contribution is -0.218. The maximum atomic E-state index is 12.8. The van der Waals surface area contributed by atoms with Gasteiger partial charge in [0.25, 0.3) is 0 Å². The molecule has 0 N–H and O–H groups in total. The predicted octanol–water partition coefficient (Wildman–Crippen LogP) is 8.09. The van der Waals surface area contributed by atoms with Gasteiger partial charge in [0.15, 0.2) is 5.78 Å². The van der Waals surface area contributed by atoms with Crippen LogP contribution in [0.5, 0.6) is 0 Å². The van der Waals surface area contributed by atoms with E-state index in [0.29, 0.717) is 33.9 Å². The van der Waals surface area contributed by atoms with Crippen molar-refractivity contribution < 1.29 is 4.79 Å². The number of ketones is 1. The summed E-state index contributed by atoms with van der Waals surface area (Å²) in [5, 5.41) is 0. The Hall–Kier alpha value is -0.590. The first-order valence-electron chi connectivity index (χ1n) is 13.5. The van der Waals surface area contributed by atoms with Crippen LogP contribution in [-0.2, 0) is 4.79 Å². The summed E-state index contributed by atoms with van der Waals surface area (Å²) >= 11 is 0. The molecule has 9 atom stereocenters. The van der Waals surface area contributed by atoms with E-state index in [1.807, 2.05) is 6.08 Å². The van der Waals surface area contributed by atoms with Gasteiger partial charge in [-0.05, 0) is 115 Å². The largest absolute Gasteiger partial charge is 0.294 e. The van der Waals surface area contributed by atoms with E-state index < -0.39 is 0 Å². The molecule has 5 aliphatic rings. The SMILES string of the molecule is CC(C)[C@@H]1CC[C@]2(C)CC[C@]3(C)[C@H](CC[C@@H]4[C@]5(C)C=CC(=O)C(C)(C)[C@@H]5CC[C@]43C)[C@@H]12. The molecule has 4 saturated carbocycles. The van der Waals surface area contributed by atoms with Crippen LogP contribution in [0.15, 0.2) is 12.2 Å². The highest BCUT2D eigenvalue weighted by Gasteiger charge is 2.69. The van der Waals surface area contributed by atoms with Crippen molar-refractivity contribution in [3.05, 3.63) is 12.2 Å². The fraction of sp³-hybridized carbons (Fsp3) is 0.900. The molecule has 0 unspecified atom stereocenters. The van der Waals surface area contributed by atoms with Crippen LogP contribution in [0.3, 0.4) is 0 Å². The molecule has 0 aromatic heterocycles. The first-order chi connectivity index (χ1) is 14.3. The zero-order valence-corrected chi connectivity index (χ0v) is 21.7. The molecule has 0 aliphatic heterocycles. The molecule has 0 spiro atoms. The molecular formula is C30H48O. The zero-order valence-electron chi connectivity index (χ0n) is 21.7. The second-order valence-corrected chi connectivity index (χ2v) is 14.6. The van der Waals surface area contributed by atoms with Crippen molar-refractivity contribution in [3.8, 4) is 0 Å². The third-order valence-electron chi connectivity index (χ3n) is 13.0. The minimum atomic E-state index is -0.206. The summed E-state index contributed by atoms with van der Waals surface area (Å²) in [6.45, 7) is 20.1. The first kappa shape index (κ1) is 22.2. The van der Waals surface area contributed by atoms with Crippen molar-refractivity contribution in [2.75, 3.05) is 0 Å². The summed E-state index contributed by atoms with van der Waals surface area (Å²) in [4.78, 5) is 12.8. The molecule has 0 heterocycles. The molecule has 31 heavy (non-hydrogen) atoms. The normalized spacial score (nSPS) is 55.4. The Morgan fingerprint density at radius 3 is 2.19 bits per heavy atom. The second-order valence-electron chi connectivity index (χ2n) is 14.6. The lowest BCUT2D eigenvalue weighted by atomic mass is 9.33. The Balaban J connectivity index is 1.57. The number of carbonyl (C=O) groups excluding carboxylic acids is 1. The maximum absolute atomic E-state index is 12.8. The number of rotatable bonds is 1. The van der Waals surface area contributed by atoms with Crippen LogP contribution in [0, 0.1) is 62.6 Å². The van der Waals surface area contributed by atoms with E-state index in [-0.39, 0.29) is 10.8 Å². The van der Waals surface area contributed by atoms with Gasteiger partial charge < -0.3 is 0 Å². The van der Waals surface area contributed by atoms with Gasteiger partial charge in [-0.25, -0.2) is 0 Å². The van der Waals surface area contributed by atoms with Gasteiger partial charge in [-0.15, -0.1) is 0 Å². The number of hydrogen-bond donors (Lipinski definition) is 0. The Kier molecular flexibility index (Phi) is 4.66. The summed E-state index contributed by atoms with van der Waals surface area (Å²) in [5.74, 6) is 5.14. The average molecular weight is 425 g/mol. The summed E-state index contributed by atoms with van der Waals surface area (Å²) in [6.07, 6.45) is 15.5. The zero-order chi connectivity index (χ0) is 22.6. The van der Waals surface area contributed by atoms with Gasteiger partial charge in [-0.3, -0.25) is 4.79 Å². The first-order valence-corrected chi connectivity index (χ1v) is 13.5. The summed E-state index contributed by atoms with van der Waals surface area (Å²) in [7, 11) is 0. The molecule has 5 aliphatic carbocycles. The molecule has 5 rings (SSSR count). The molecule has 0 bridgehead atoms. The van der Waals surface area contributed by atoms with Crippen LogP contribution in [-0.4, -0.2) is 5.78 Å². The van der Waals surface area contributed by atoms with Crippen LogP contribution >= 0.6 is 0 Å². The monoisotopic (exact) mass is 424 g/mol. The van der Waals surface area contributed by atoms with Gasteiger partial charge in [-0.1, -0.05) is 61.5 Å². The molecule has 174 valence electrons. The summed E-state index contributed by atoms with van der Waals surface area (Å²) < 4.78 is 0. The van der Waals surface area contributed by atoms with E-state index in [4.69, 9.17) is 0 Å². The van der Waals surface area contributed by atoms with Gasteiger partial charge in [0, 0.05) is 5.41 Å². The second kappa shape index (κ2) is 6.50. The third kappa shape index (κ3) is 2.59. The minimum Gasteiger partial charge on any atom is -0.294 e. The molecule has 1 nitrogen and oxygen atoms in total. The molecule has 0 saturated heterocycles. The van der Waals surface area contributed by atoms with Crippen molar-refractivity contribution in [1.82, 2.24) is 0 Å². The number of fused-ring (bicyclic) bond motifs is 7. The standard InChI is InChI=1S/C30H48O/c1-19(2)20-11-14-27(5)17-18-29(7)21(25(20)27)9-10-23-28(6)15-13-24(31)26(3,4)22(28)12-16-30(23,29)8/h13,15,19-23,25H,9-12,14,16-18H2,1-8H3/t20-,21+,22-,23+,25+,27+,28+,29+,30+/m0/s1. The van der Waals surface area contributed by atoms with Crippen molar-refractivity contribution >= 4 is 5.78 Å². The Bertz CT molecular complexity index is 805. The number of carbonyl (C=O) groups is 1. The Labute approximate surface area is 192 Å². The topological polar surface area (TPSA) is 17.1 Å². The van der Waals surface area contributed by atoms with Crippen molar-refractivity contribution in [1.29, 1.82) is 0 Å². The van der Waals surface area contributed by atoms with Crippen LogP contribution in [0.2, 0.25) is 0 Å².